The number of H-pyrrole nitrogens is 1. The Morgan fingerprint density at radius 1 is 1.07 bits per heavy atom. The lowest BCUT2D eigenvalue weighted by Crippen LogP contribution is -2.25. The number of aromatic nitrogens is 1. The molecule has 1 aromatic heterocycles. The monoisotopic (exact) mass is 362 g/mol. The molecule has 1 atom stereocenters. The molecule has 142 valence electrons. The zero-order valence-electron chi connectivity index (χ0n) is 16.6. The van der Waals surface area contributed by atoms with Gasteiger partial charge in [-0.15, -0.1) is 0 Å². The van der Waals surface area contributed by atoms with Gasteiger partial charge in [-0.3, -0.25) is 4.79 Å². The summed E-state index contributed by atoms with van der Waals surface area (Å²) in [5.74, 6) is 0.878. The van der Waals surface area contributed by atoms with Crippen LogP contribution < -0.4 is 5.32 Å². The Morgan fingerprint density at radius 2 is 1.85 bits per heavy atom. The van der Waals surface area contributed by atoms with Crippen LogP contribution in [0, 0.1) is 5.92 Å². The summed E-state index contributed by atoms with van der Waals surface area (Å²) < 4.78 is 0. The van der Waals surface area contributed by atoms with Crippen molar-refractivity contribution in [2.75, 3.05) is 0 Å². The molecule has 0 aliphatic rings. The molecule has 1 amide bonds. The van der Waals surface area contributed by atoms with Crippen molar-refractivity contribution in [1.82, 2.24) is 10.3 Å². The van der Waals surface area contributed by atoms with Crippen molar-refractivity contribution >= 4 is 16.8 Å². The number of rotatable bonds is 8. The first kappa shape index (κ1) is 19.2. The van der Waals surface area contributed by atoms with E-state index in [1.807, 2.05) is 30.3 Å². The van der Waals surface area contributed by atoms with Crippen LogP contribution in [-0.2, 0) is 17.8 Å². The van der Waals surface area contributed by atoms with Crippen molar-refractivity contribution in [3.8, 4) is 0 Å². The van der Waals surface area contributed by atoms with Gasteiger partial charge in [-0.05, 0) is 41.4 Å². The van der Waals surface area contributed by atoms with E-state index in [4.69, 9.17) is 0 Å². The van der Waals surface area contributed by atoms with Crippen LogP contribution >= 0.6 is 0 Å². The summed E-state index contributed by atoms with van der Waals surface area (Å²) in [6.07, 6.45) is 4.64. The van der Waals surface area contributed by atoms with E-state index in [-0.39, 0.29) is 11.8 Å². The van der Waals surface area contributed by atoms with Crippen LogP contribution in [0.2, 0.25) is 0 Å². The van der Waals surface area contributed by atoms with Gasteiger partial charge in [0.1, 0.15) is 0 Å². The van der Waals surface area contributed by atoms with E-state index >= 15 is 0 Å². The van der Waals surface area contributed by atoms with Crippen LogP contribution in [0.1, 0.15) is 56.2 Å². The van der Waals surface area contributed by atoms with E-state index in [1.54, 1.807) is 0 Å². The second-order valence-electron chi connectivity index (χ2n) is 7.73. The van der Waals surface area contributed by atoms with E-state index in [0.717, 1.165) is 18.4 Å². The summed E-state index contributed by atoms with van der Waals surface area (Å²) in [7, 11) is 0. The zero-order chi connectivity index (χ0) is 19.2. The number of nitrogens with one attached hydrogen (secondary N) is 2. The summed E-state index contributed by atoms with van der Waals surface area (Å²) in [6.45, 7) is 7.21. The largest absolute Gasteiger partial charge is 0.361 e. The smallest absolute Gasteiger partial charge is 0.220 e. The second-order valence-corrected chi connectivity index (χ2v) is 7.73. The number of benzene rings is 2. The van der Waals surface area contributed by atoms with Crippen LogP contribution in [0.3, 0.4) is 0 Å². The molecule has 27 heavy (non-hydrogen) atoms. The van der Waals surface area contributed by atoms with Gasteiger partial charge in [-0.25, -0.2) is 0 Å². The molecule has 1 heterocycles. The molecule has 0 fully saturated rings. The summed E-state index contributed by atoms with van der Waals surface area (Å²) in [5, 5.41) is 4.35. The predicted molar refractivity (Wildman–Crippen MR) is 113 cm³/mol. The van der Waals surface area contributed by atoms with Gasteiger partial charge in [0.05, 0.1) is 0 Å². The highest BCUT2D eigenvalue weighted by atomic mass is 16.1. The van der Waals surface area contributed by atoms with Gasteiger partial charge < -0.3 is 10.3 Å². The fourth-order valence-corrected chi connectivity index (χ4v) is 3.85. The third-order valence-electron chi connectivity index (χ3n) is 5.17. The van der Waals surface area contributed by atoms with Crippen molar-refractivity contribution in [2.24, 2.45) is 5.92 Å². The molecule has 0 saturated heterocycles. The third kappa shape index (κ3) is 4.79. The molecule has 2 N–H and O–H groups in total. The van der Waals surface area contributed by atoms with Crippen LogP contribution in [0.15, 0.2) is 54.7 Å². The number of hydrogen-bond donors (Lipinski definition) is 2. The molecule has 0 saturated carbocycles. The van der Waals surface area contributed by atoms with Gasteiger partial charge in [-0.2, -0.15) is 0 Å². The maximum absolute atomic E-state index is 12.6. The molecular formula is C24H30N2O. The molecule has 3 rings (SSSR count). The van der Waals surface area contributed by atoms with E-state index < -0.39 is 0 Å². The van der Waals surface area contributed by atoms with Crippen molar-refractivity contribution < 1.29 is 4.79 Å². The Morgan fingerprint density at radius 3 is 2.56 bits per heavy atom. The van der Waals surface area contributed by atoms with E-state index in [9.17, 15) is 4.79 Å². The van der Waals surface area contributed by atoms with Crippen molar-refractivity contribution in [2.45, 2.75) is 52.5 Å². The Hall–Kier alpha value is -2.55. The number of fused-ring (bicyclic) bond motifs is 1. The Labute approximate surface area is 162 Å². The minimum absolute atomic E-state index is 0.116. The van der Waals surface area contributed by atoms with Crippen LogP contribution in [0.4, 0.5) is 0 Å². The van der Waals surface area contributed by atoms with Crippen molar-refractivity contribution in [3.05, 3.63) is 71.4 Å². The van der Waals surface area contributed by atoms with E-state index in [1.165, 1.54) is 22.0 Å². The lowest BCUT2D eigenvalue weighted by molar-refractivity contribution is -0.121. The van der Waals surface area contributed by atoms with Crippen LogP contribution in [0.5, 0.6) is 0 Å². The maximum atomic E-state index is 12.6. The number of carbonyl (C=O) groups is 1. The normalized spacial score (nSPS) is 12.4. The SMILES string of the molecule is CCc1cccc2c([C@H](CC(=O)NCc3ccccc3)CC(C)C)c[nH]c12. The molecule has 3 aromatic rings. The predicted octanol–water partition coefficient (Wildman–Crippen LogP) is 5.57. The average molecular weight is 363 g/mol. The molecular weight excluding hydrogens is 332 g/mol. The Bertz CT molecular complexity index is 880. The molecule has 3 heteroatoms. The highest BCUT2D eigenvalue weighted by Crippen LogP contribution is 2.34. The van der Waals surface area contributed by atoms with Gasteiger partial charge in [0.2, 0.25) is 5.91 Å². The molecule has 0 aliphatic heterocycles. The van der Waals surface area contributed by atoms with Gasteiger partial charge in [0, 0.05) is 30.1 Å². The topological polar surface area (TPSA) is 44.9 Å². The molecule has 0 aliphatic carbocycles. The number of amides is 1. The van der Waals surface area contributed by atoms with Crippen molar-refractivity contribution in [3.63, 3.8) is 0 Å². The van der Waals surface area contributed by atoms with Crippen LogP contribution in [0.25, 0.3) is 10.9 Å². The number of aryl methyl sites for hydroxylation is 1. The standard InChI is InChI=1S/C24H30N2O/c1-4-19-11-8-12-21-22(16-26-24(19)21)20(13-17(2)3)14-23(27)25-15-18-9-6-5-7-10-18/h5-12,16-17,20,26H,4,13-15H2,1-3H3,(H,25,27)/t20-/m0/s1. The molecule has 0 radical (unpaired) electrons. The van der Waals surface area contributed by atoms with E-state index in [0.29, 0.717) is 18.9 Å². The molecule has 2 aromatic carbocycles. The van der Waals surface area contributed by atoms with Gasteiger partial charge >= 0.3 is 0 Å². The fraction of sp³-hybridized carbons (Fsp3) is 0.375. The van der Waals surface area contributed by atoms with Gasteiger partial charge in [0.25, 0.3) is 0 Å². The Kier molecular flexibility index (Phi) is 6.33. The average Bonchev–Trinajstić information content (AvgIpc) is 3.10. The fourth-order valence-electron chi connectivity index (χ4n) is 3.85. The highest BCUT2D eigenvalue weighted by molar-refractivity contribution is 5.87. The van der Waals surface area contributed by atoms with E-state index in [2.05, 4.69) is 55.5 Å². The van der Waals surface area contributed by atoms with Crippen LogP contribution in [-0.4, -0.2) is 10.9 Å². The van der Waals surface area contributed by atoms with Gasteiger partial charge in [-0.1, -0.05) is 69.3 Å². The molecule has 3 nitrogen and oxygen atoms in total. The minimum Gasteiger partial charge on any atom is -0.361 e. The number of carbonyl (C=O) groups excluding carboxylic acids is 1. The lowest BCUT2D eigenvalue weighted by Gasteiger charge is -2.19. The molecule has 0 bridgehead atoms. The maximum Gasteiger partial charge on any atom is 0.220 e. The summed E-state index contributed by atoms with van der Waals surface area (Å²) in [5.41, 5.74) is 4.94. The summed E-state index contributed by atoms with van der Waals surface area (Å²) in [6, 6.07) is 16.5. The quantitative estimate of drug-likeness (QED) is 0.541. The first-order valence-electron chi connectivity index (χ1n) is 9.98. The second kappa shape index (κ2) is 8.90. The lowest BCUT2D eigenvalue weighted by atomic mass is 9.87. The van der Waals surface area contributed by atoms with Gasteiger partial charge in [0.15, 0.2) is 0 Å². The first-order valence-corrected chi connectivity index (χ1v) is 9.98. The zero-order valence-corrected chi connectivity index (χ0v) is 16.6. The molecule has 0 unspecified atom stereocenters. The van der Waals surface area contributed by atoms with Crippen molar-refractivity contribution in [1.29, 1.82) is 0 Å². The number of aromatic amines is 1. The number of para-hydroxylation sites is 1. The third-order valence-corrected chi connectivity index (χ3v) is 5.17. The first-order chi connectivity index (χ1) is 13.1. The molecule has 0 spiro atoms. The summed E-state index contributed by atoms with van der Waals surface area (Å²) in [4.78, 5) is 16.1. The summed E-state index contributed by atoms with van der Waals surface area (Å²) >= 11 is 0. The minimum atomic E-state index is 0.116. The Balaban J connectivity index is 1.77. The number of hydrogen-bond acceptors (Lipinski definition) is 1. The highest BCUT2D eigenvalue weighted by Gasteiger charge is 2.21.